The Kier molecular flexibility index (Phi) is 6.14. The number of tetrazole rings is 1. The standard InChI is InChI=1S/C24H24N6O/c1-18(29(2)17-23-26-27-28-30(23)22-14-7-4-8-15-22)20-12-9-13-21(16-20)25-24(31)19-10-5-3-6-11-19/h3-16,18H,17H2,1-2H3,(H,25,31)/t18-/m0/s1. The van der Waals surface area contributed by atoms with Crippen LogP contribution in [0.3, 0.4) is 0 Å². The van der Waals surface area contributed by atoms with Crippen LogP contribution in [0, 0.1) is 0 Å². The van der Waals surface area contributed by atoms with Gasteiger partial charge < -0.3 is 5.32 Å². The van der Waals surface area contributed by atoms with Gasteiger partial charge in [-0.15, -0.1) is 5.10 Å². The van der Waals surface area contributed by atoms with E-state index in [1.807, 2.05) is 73.8 Å². The SMILES string of the molecule is C[C@@H](c1cccc(NC(=O)c2ccccc2)c1)N(C)Cc1nnnn1-c1ccccc1. The van der Waals surface area contributed by atoms with Gasteiger partial charge in [0.2, 0.25) is 0 Å². The van der Waals surface area contributed by atoms with Crippen molar-refractivity contribution in [2.75, 3.05) is 12.4 Å². The number of nitrogens with zero attached hydrogens (tertiary/aromatic N) is 5. The third kappa shape index (κ3) is 4.84. The number of carbonyl (C=O) groups is 1. The molecule has 0 unspecified atom stereocenters. The predicted molar refractivity (Wildman–Crippen MR) is 120 cm³/mol. The van der Waals surface area contributed by atoms with E-state index in [1.165, 1.54) is 0 Å². The summed E-state index contributed by atoms with van der Waals surface area (Å²) in [7, 11) is 2.03. The van der Waals surface area contributed by atoms with Gasteiger partial charge in [0.15, 0.2) is 5.82 Å². The van der Waals surface area contributed by atoms with Crippen LogP contribution in [-0.4, -0.2) is 38.1 Å². The average molecular weight is 412 g/mol. The molecule has 0 saturated carbocycles. The number of hydrogen-bond acceptors (Lipinski definition) is 5. The first-order valence-corrected chi connectivity index (χ1v) is 10.1. The molecule has 1 amide bonds. The molecule has 1 aromatic heterocycles. The Balaban J connectivity index is 1.46. The lowest BCUT2D eigenvalue weighted by Gasteiger charge is -2.25. The molecule has 1 N–H and O–H groups in total. The van der Waals surface area contributed by atoms with Gasteiger partial charge in [0.25, 0.3) is 5.91 Å². The van der Waals surface area contributed by atoms with Crippen molar-refractivity contribution in [3.8, 4) is 5.69 Å². The molecule has 0 radical (unpaired) electrons. The number of benzene rings is 3. The van der Waals surface area contributed by atoms with Crippen LogP contribution in [0.15, 0.2) is 84.9 Å². The zero-order valence-electron chi connectivity index (χ0n) is 17.5. The molecule has 7 nitrogen and oxygen atoms in total. The quantitative estimate of drug-likeness (QED) is 0.494. The van der Waals surface area contributed by atoms with Crippen molar-refractivity contribution in [2.45, 2.75) is 19.5 Å². The van der Waals surface area contributed by atoms with Gasteiger partial charge in [-0.1, -0.05) is 48.5 Å². The van der Waals surface area contributed by atoms with E-state index < -0.39 is 0 Å². The first-order valence-electron chi connectivity index (χ1n) is 10.1. The van der Waals surface area contributed by atoms with E-state index >= 15 is 0 Å². The lowest BCUT2D eigenvalue weighted by atomic mass is 10.1. The van der Waals surface area contributed by atoms with Crippen LogP contribution in [-0.2, 0) is 6.54 Å². The lowest BCUT2D eigenvalue weighted by Crippen LogP contribution is -2.24. The first kappa shape index (κ1) is 20.4. The van der Waals surface area contributed by atoms with Crippen LogP contribution in [0.4, 0.5) is 5.69 Å². The van der Waals surface area contributed by atoms with Gasteiger partial charge >= 0.3 is 0 Å². The molecule has 1 heterocycles. The largest absolute Gasteiger partial charge is 0.322 e. The molecule has 0 aliphatic carbocycles. The Hall–Kier alpha value is -3.84. The summed E-state index contributed by atoms with van der Waals surface area (Å²) >= 11 is 0. The fourth-order valence-corrected chi connectivity index (χ4v) is 3.36. The summed E-state index contributed by atoms with van der Waals surface area (Å²) in [5.41, 5.74) is 3.41. The molecule has 0 aliphatic rings. The van der Waals surface area contributed by atoms with Gasteiger partial charge in [-0.25, -0.2) is 0 Å². The van der Waals surface area contributed by atoms with Gasteiger partial charge in [-0.05, 0) is 66.4 Å². The molecular weight excluding hydrogens is 388 g/mol. The molecule has 31 heavy (non-hydrogen) atoms. The molecule has 0 bridgehead atoms. The van der Waals surface area contributed by atoms with Crippen molar-refractivity contribution in [1.82, 2.24) is 25.1 Å². The van der Waals surface area contributed by atoms with E-state index in [0.29, 0.717) is 12.1 Å². The summed E-state index contributed by atoms with van der Waals surface area (Å²) in [5.74, 6) is 0.634. The van der Waals surface area contributed by atoms with Crippen molar-refractivity contribution in [2.24, 2.45) is 0 Å². The maximum atomic E-state index is 12.5. The van der Waals surface area contributed by atoms with Crippen LogP contribution in [0.2, 0.25) is 0 Å². The van der Waals surface area contributed by atoms with E-state index in [9.17, 15) is 4.79 Å². The molecule has 3 aromatic carbocycles. The van der Waals surface area contributed by atoms with Crippen molar-refractivity contribution < 1.29 is 4.79 Å². The maximum absolute atomic E-state index is 12.5. The Morgan fingerprint density at radius 3 is 2.45 bits per heavy atom. The number of para-hydroxylation sites is 1. The van der Waals surface area contributed by atoms with E-state index in [-0.39, 0.29) is 11.9 Å². The minimum atomic E-state index is -0.124. The topological polar surface area (TPSA) is 75.9 Å². The molecule has 0 fully saturated rings. The second-order valence-electron chi connectivity index (χ2n) is 7.38. The van der Waals surface area contributed by atoms with Crippen molar-refractivity contribution in [1.29, 1.82) is 0 Å². The second-order valence-corrected chi connectivity index (χ2v) is 7.38. The highest BCUT2D eigenvalue weighted by atomic mass is 16.1. The van der Waals surface area contributed by atoms with Crippen molar-refractivity contribution >= 4 is 11.6 Å². The Morgan fingerprint density at radius 1 is 1.00 bits per heavy atom. The van der Waals surface area contributed by atoms with Crippen molar-refractivity contribution in [3.63, 3.8) is 0 Å². The highest BCUT2D eigenvalue weighted by Gasteiger charge is 2.17. The normalized spacial score (nSPS) is 12.0. The molecule has 1 atom stereocenters. The molecular formula is C24H24N6O. The Morgan fingerprint density at radius 2 is 1.71 bits per heavy atom. The fourth-order valence-electron chi connectivity index (χ4n) is 3.36. The van der Waals surface area contributed by atoms with E-state index in [4.69, 9.17) is 0 Å². The number of rotatable bonds is 7. The average Bonchev–Trinajstić information content (AvgIpc) is 3.28. The number of nitrogens with one attached hydrogen (secondary N) is 1. The predicted octanol–water partition coefficient (Wildman–Crippen LogP) is 4.11. The molecule has 4 rings (SSSR count). The van der Waals surface area contributed by atoms with Crippen LogP contribution >= 0.6 is 0 Å². The number of aromatic nitrogens is 4. The van der Waals surface area contributed by atoms with Crippen LogP contribution in [0.5, 0.6) is 0 Å². The van der Waals surface area contributed by atoms with E-state index in [0.717, 1.165) is 22.8 Å². The lowest BCUT2D eigenvalue weighted by molar-refractivity contribution is 0.102. The Labute approximate surface area is 181 Å². The molecule has 7 heteroatoms. The van der Waals surface area contributed by atoms with E-state index in [2.05, 4.69) is 38.7 Å². The highest BCUT2D eigenvalue weighted by Crippen LogP contribution is 2.23. The van der Waals surface area contributed by atoms with Gasteiger partial charge in [0, 0.05) is 17.3 Å². The smallest absolute Gasteiger partial charge is 0.255 e. The van der Waals surface area contributed by atoms with E-state index in [1.54, 1.807) is 16.8 Å². The summed E-state index contributed by atoms with van der Waals surface area (Å²) < 4.78 is 1.75. The van der Waals surface area contributed by atoms with Gasteiger partial charge in [0.1, 0.15) is 0 Å². The van der Waals surface area contributed by atoms with Crippen LogP contribution in [0.1, 0.15) is 34.7 Å². The summed E-state index contributed by atoms with van der Waals surface area (Å²) in [4.78, 5) is 14.6. The maximum Gasteiger partial charge on any atom is 0.255 e. The highest BCUT2D eigenvalue weighted by molar-refractivity contribution is 6.04. The molecule has 0 spiro atoms. The molecule has 0 aliphatic heterocycles. The summed E-state index contributed by atoms with van der Waals surface area (Å²) in [6.45, 7) is 2.69. The molecule has 156 valence electrons. The zero-order valence-corrected chi connectivity index (χ0v) is 17.5. The minimum absolute atomic E-state index is 0.0921. The number of amides is 1. The number of hydrogen-bond donors (Lipinski definition) is 1. The second kappa shape index (κ2) is 9.32. The zero-order chi connectivity index (χ0) is 21.6. The summed E-state index contributed by atoms with van der Waals surface area (Å²) in [5, 5.41) is 15.2. The monoisotopic (exact) mass is 412 g/mol. The van der Waals surface area contributed by atoms with Crippen molar-refractivity contribution in [3.05, 3.63) is 102 Å². The van der Waals surface area contributed by atoms with Gasteiger partial charge in [0.05, 0.1) is 12.2 Å². The van der Waals surface area contributed by atoms with Gasteiger partial charge in [-0.3, -0.25) is 9.69 Å². The number of carbonyl (C=O) groups excluding carboxylic acids is 1. The summed E-state index contributed by atoms with van der Waals surface area (Å²) in [6.07, 6.45) is 0. The molecule has 4 aromatic rings. The van der Waals surface area contributed by atoms with Crippen LogP contribution in [0.25, 0.3) is 5.69 Å². The fraction of sp³-hybridized carbons (Fsp3) is 0.167. The number of anilines is 1. The summed E-state index contributed by atoms with van der Waals surface area (Å²) in [6, 6.07) is 27.0. The van der Waals surface area contributed by atoms with Crippen LogP contribution < -0.4 is 5.32 Å². The first-order chi connectivity index (χ1) is 15.1. The minimum Gasteiger partial charge on any atom is -0.322 e. The molecule has 0 saturated heterocycles. The third-order valence-electron chi connectivity index (χ3n) is 5.25. The third-order valence-corrected chi connectivity index (χ3v) is 5.25. The Bertz CT molecular complexity index is 1140. The van der Waals surface area contributed by atoms with Gasteiger partial charge in [-0.2, -0.15) is 4.68 Å².